The number of carbonyl (C=O) groups is 1. The van der Waals surface area contributed by atoms with Crippen LogP contribution in [0.3, 0.4) is 0 Å². The Kier molecular flexibility index (Phi) is 3.35. The summed E-state index contributed by atoms with van der Waals surface area (Å²) in [7, 11) is 1.39. The second-order valence-electron chi connectivity index (χ2n) is 5.71. The Hall–Kier alpha value is -2.44. The molecule has 0 aliphatic carbocycles. The minimum atomic E-state index is -0.832. The van der Waals surface area contributed by atoms with Gasteiger partial charge in [0.25, 0.3) is 0 Å². The molecule has 1 fully saturated rings. The van der Waals surface area contributed by atoms with Crippen LogP contribution in [0.5, 0.6) is 5.75 Å². The van der Waals surface area contributed by atoms with Crippen LogP contribution in [0.2, 0.25) is 0 Å². The highest BCUT2D eigenvalue weighted by atomic mass is 19.1. The molecular formula is C15H16FN3O3. The molecule has 1 unspecified atom stereocenters. The molecule has 1 aliphatic rings. The first-order valence-electron chi connectivity index (χ1n) is 6.92. The Bertz CT molecular complexity index is 752. The number of hydrogen-bond acceptors (Lipinski definition) is 5. The van der Waals surface area contributed by atoms with Crippen molar-refractivity contribution in [1.82, 2.24) is 9.97 Å². The van der Waals surface area contributed by atoms with Crippen LogP contribution in [0, 0.1) is 11.2 Å². The van der Waals surface area contributed by atoms with Gasteiger partial charge in [0.15, 0.2) is 11.6 Å². The molecule has 2 aromatic rings. The van der Waals surface area contributed by atoms with Gasteiger partial charge in [0.1, 0.15) is 17.7 Å². The van der Waals surface area contributed by atoms with Crippen molar-refractivity contribution in [1.29, 1.82) is 0 Å². The number of aliphatic carboxylic acids is 1. The van der Waals surface area contributed by atoms with Gasteiger partial charge in [0.05, 0.1) is 12.5 Å². The molecule has 6 nitrogen and oxygen atoms in total. The van der Waals surface area contributed by atoms with Crippen LogP contribution in [-0.4, -0.2) is 41.2 Å². The molecule has 0 spiro atoms. The molecule has 3 rings (SSSR count). The monoisotopic (exact) mass is 305 g/mol. The summed E-state index contributed by atoms with van der Waals surface area (Å²) >= 11 is 0. The molecule has 0 bridgehead atoms. The number of benzene rings is 1. The first kappa shape index (κ1) is 14.5. The number of aromatic nitrogens is 2. The largest absolute Gasteiger partial charge is 0.494 e. The lowest BCUT2D eigenvalue weighted by atomic mass is 9.90. The van der Waals surface area contributed by atoms with Crippen LogP contribution in [0.15, 0.2) is 18.5 Å². The van der Waals surface area contributed by atoms with Gasteiger partial charge in [-0.1, -0.05) is 0 Å². The van der Waals surface area contributed by atoms with E-state index in [1.165, 1.54) is 19.5 Å². The van der Waals surface area contributed by atoms with Crippen molar-refractivity contribution in [2.75, 3.05) is 25.1 Å². The van der Waals surface area contributed by atoms with E-state index in [1.807, 2.05) is 4.90 Å². The van der Waals surface area contributed by atoms with E-state index in [0.29, 0.717) is 30.7 Å². The normalized spacial score (nSPS) is 21.3. The smallest absolute Gasteiger partial charge is 0.311 e. The lowest BCUT2D eigenvalue weighted by molar-refractivity contribution is -0.146. The zero-order valence-corrected chi connectivity index (χ0v) is 12.3. The van der Waals surface area contributed by atoms with Gasteiger partial charge in [-0.3, -0.25) is 4.79 Å². The van der Waals surface area contributed by atoms with E-state index in [9.17, 15) is 14.3 Å². The number of carboxylic acids is 1. The molecule has 0 saturated carbocycles. The summed E-state index contributed by atoms with van der Waals surface area (Å²) in [6.45, 7) is 2.60. The second kappa shape index (κ2) is 5.08. The average Bonchev–Trinajstić information content (AvgIpc) is 2.91. The van der Waals surface area contributed by atoms with Gasteiger partial charge in [-0.25, -0.2) is 14.4 Å². The van der Waals surface area contributed by atoms with E-state index in [4.69, 9.17) is 4.74 Å². The second-order valence-corrected chi connectivity index (χ2v) is 5.71. The van der Waals surface area contributed by atoms with E-state index in [2.05, 4.69) is 9.97 Å². The Labute approximate surface area is 126 Å². The number of methoxy groups -OCH3 is 1. The highest BCUT2D eigenvalue weighted by Crippen LogP contribution is 2.36. The van der Waals surface area contributed by atoms with E-state index in [1.54, 1.807) is 13.0 Å². The SMILES string of the molecule is COc1ccc2c(N3CCC(C)(C(=O)O)C3)ncnc2c1F. The molecule has 0 amide bonds. The van der Waals surface area contributed by atoms with Crippen LogP contribution < -0.4 is 9.64 Å². The van der Waals surface area contributed by atoms with E-state index < -0.39 is 17.2 Å². The van der Waals surface area contributed by atoms with Gasteiger partial charge < -0.3 is 14.7 Å². The minimum Gasteiger partial charge on any atom is -0.494 e. The molecule has 1 aromatic heterocycles. The third-order valence-electron chi connectivity index (χ3n) is 4.20. The van der Waals surface area contributed by atoms with Crippen molar-refractivity contribution in [3.8, 4) is 5.75 Å². The van der Waals surface area contributed by atoms with E-state index >= 15 is 0 Å². The minimum absolute atomic E-state index is 0.119. The van der Waals surface area contributed by atoms with Gasteiger partial charge in [-0.15, -0.1) is 0 Å². The maximum Gasteiger partial charge on any atom is 0.311 e. The van der Waals surface area contributed by atoms with Crippen molar-refractivity contribution in [2.24, 2.45) is 5.41 Å². The van der Waals surface area contributed by atoms with Crippen molar-refractivity contribution in [2.45, 2.75) is 13.3 Å². The van der Waals surface area contributed by atoms with Crippen LogP contribution >= 0.6 is 0 Å². The lowest BCUT2D eigenvalue weighted by Gasteiger charge is -2.22. The summed E-state index contributed by atoms with van der Waals surface area (Å²) in [5.41, 5.74) is -0.643. The highest BCUT2D eigenvalue weighted by molar-refractivity contribution is 5.91. The molecule has 1 saturated heterocycles. The fraction of sp³-hybridized carbons (Fsp3) is 0.400. The molecule has 2 heterocycles. The molecule has 1 atom stereocenters. The first-order valence-corrected chi connectivity index (χ1v) is 6.92. The maximum atomic E-state index is 14.3. The van der Waals surface area contributed by atoms with Gasteiger partial charge in [0.2, 0.25) is 0 Å². The van der Waals surface area contributed by atoms with Gasteiger partial charge in [-0.05, 0) is 25.5 Å². The first-order chi connectivity index (χ1) is 10.5. The van der Waals surface area contributed by atoms with Crippen molar-refractivity contribution in [3.05, 3.63) is 24.3 Å². The van der Waals surface area contributed by atoms with E-state index in [-0.39, 0.29) is 11.3 Å². The molecule has 0 radical (unpaired) electrons. The van der Waals surface area contributed by atoms with Gasteiger partial charge in [-0.2, -0.15) is 0 Å². The molecule has 1 aliphatic heterocycles. The van der Waals surface area contributed by atoms with Crippen molar-refractivity contribution < 1.29 is 19.0 Å². The van der Waals surface area contributed by atoms with Gasteiger partial charge in [0, 0.05) is 18.5 Å². The number of rotatable bonds is 3. The third kappa shape index (κ3) is 2.13. The third-order valence-corrected chi connectivity index (χ3v) is 4.20. The number of hydrogen-bond donors (Lipinski definition) is 1. The van der Waals surface area contributed by atoms with Crippen LogP contribution in [0.4, 0.5) is 10.2 Å². The number of ether oxygens (including phenoxy) is 1. The Morgan fingerprint density at radius 2 is 2.23 bits per heavy atom. The summed E-state index contributed by atoms with van der Waals surface area (Å²) in [6.07, 6.45) is 1.81. The standard InChI is InChI=1S/C15H16FN3O3/c1-15(14(20)21)5-6-19(7-15)13-9-3-4-10(22-2)11(16)12(9)17-8-18-13/h3-4,8H,5-7H2,1-2H3,(H,20,21). The number of halogens is 1. The Morgan fingerprint density at radius 3 is 2.86 bits per heavy atom. The summed E-state index contributed by atoms with van der Waals surface area (Å²) in [5.74, 6) is -0.699. The summed E-state index contributed by atoms with van der Waals surface area (Å²) in [6, 6.07) is 3.22. The number of carboxylic acid groups (broad SMARTS) is 1. The fourth-order valence-electron chi connectivity index (χ4n) is 2.79. The Morgan fingerprint density at radius 1 is 1.45 bits per heavy atom. The average molecular weight is 305 g/mol. The molecule has 22 heavy (non-hydrogen) atoms. The predicted octanol–water partition coefficient (Wildman–Crippen LogP) is 2.08. The molecule has 7 heteroatoms. The lowest BCUT2D eigenvalue weighted by Crippen LogP contribution is -2.32. The number of fused-ring (bicyclic) bond motifs is 1. The number of nitrogens with zero attached hydrogens (tertiary/aromatic N) is 3. The zero-order valence-electron chi connectivity index (χ0n) is 12.3. The Balaban J connectivity index is 2.06. The maximum absolute atomic E-state index is 14.3. The van der Waals surface area contributed by atoms with Crippen LogP contribution in [0.25, 0.3) is 10.9 Å². The number of anilines is 1. The van der Waals surface area contributed by atoms with E-state index in [0.717, 1.165) is 0 Å². The summed E-state index contributed by atoms with van der Waals surface area (Å²) in [4.78, 5) is 21.4. The molecule has 1 aromatic carbocycles. The van der Waals surface area contributed by atoms with Crippen LogP contribution in [0.1, 0.15) is 13.3 Å². The zero-order chi connectivity index (χ0) is 15.9. The molecule has 1 N–H and O–H groups in total. The molecule has 116 valence electrons. The van der Waals surface area contributed by atoms with Crippen molar-refractivity contribution >= 4 is 22.7 Å². The quantitative estimate of drug-likeness (QED) is 0.935. The summed E-state index contributed by atoms with van der Waals surface area (Å²) in [5, 5.41) is 9.88. The predicted molar refractivity (Wildman–Crippen MR) is 78.6 cm³/mol. The van der Waals surface area contributed by atoms with Crippen LogP contribution in [-0.2, 0) is 4.79 Å². The molecular weight excluding hydrogens is 289 g/mol. The topological polar surface area (TPSA) is 75.5 Å². The van der Waals surface area contributed by atoms with Gasteiger partial charge >= 0.3 is 5.97 Å². The van der Waals surface area contributed by atoms with Crippen molar-refractivity contribution in [3.63, 3.8) is 0 Å². The fourth-order valence-corrected chi connectivity index (χ4v) is 2.79. The highest BCUT2D eigenvalue weighted by Gasteiger charge is 2.41. The summed E-state index contributed by atoms with van der Waals surface area (Å²) < 4.78 is 19.2.